The van der Waals surface area contributed by atoms with Crippen LogP contribution in [0.15, 0.2) is 72.8 Å². The van der Waals surface area contributed by atoms with Crippen LogP contribution in [-0.4, -0.2) is 17.0 Å². The Morgan fingerprint density at radius 1 is 0.971 bits per heavy atom. The minimum atomic E-state index is -1.15. The fraction of sp³-hybridized carbons (Fsp3) is 0.321. The molecule has 0 bridgehead atoms. The van der Waals surface area contributed by atoms with Gasteiger partial charge in [0.1, 0.15) is 17.9 Å². The van der Waals surface area contributed by atoms with E-state index in [9.17, 15) is 10.1 Å². The number of hydrogen-bond acceptors (Lipinski definition) is 6. The summed E-state index contributed by atoms with van der Waals surface area (Å²) in [6, 6.07) is 23.7. The third kappa shape index (κ3) is 6.58. The number of nitrogens with one attached hydrogen (secondary N) is 1. The van der Waals surface area contributed by atoms with Crippen molar-refractivity contribution >= 4 is 11.7 Å². The monoisotopic (exact) mass is 457 g/mol. The van der Waals surface area contributed by atoms with Crippen molar-refractivity contribution in [1.29, 1.82) is 5.26 Å². The zero-order chi connectivity index (χ0) is 24.7. The van der Waals surface area contributed by atoms with Gasteiger partial charge in [0.05, 0.1) is 5.69 Å². The van der Waals surface area contributed by atoms with Gasteiger partial charge in [-0.25, -0.2) is 9.78 Å². The molecule has 2 aromatic carbocycles. The Morgan fingerprint density at radius 3 is 2.24 bits per heavy atom. The van der Waals surface area contributed by atoms with Crippen molar-refractivity contribution < 1.29 is 14.3 Å². The summed E-state index contributed by atoms with van der Waals surface area (Å²) >= 11 is 0. The molecule has 0 radical (unpaired) electrons. The first kappa shape index (κ1) is 24.8. The highest BCUT2D eigenvalue weighted by molar-refractivity contribution is 5.80. The van der Waals surface area contributed by atoms with Gasteiger partial charge >= 0.3 is 5.97 Å². The Morgan fingerprint density at radius 2 is 1.65 bits per heavy atom. The van der Waals surface area contributed by atoms with Crippen LogP contribution in [0.4, 0.5) is 5.69 Å². The number of aromatic nitrogens is 1. The minimum absolute atomic E-state index is 0.0424. The highest BCUT2D eigenvalue weighted by atomic mass is 16.5. The maximum absolute atomic E-state index is 13.0. The van der Waals surface area contributed by atoms with Crippen molar-refractivity contribution in [2.24, 2.45) is 5.92 Å². The smallest absolute Gasteiger partial charge is 0.330 e. The summed E-state index contributed by atoms with van der Waals surface area (Å²) in [7, 11) is 0. The third-order valence-corrected chi connectivity index (χ3v) is 5.32. The van der Waals surface area contributed by atoms with Crippen molar-refractivity contribution in [3.63, 3.8) is 0 Å². The van der Waals surface area contributed by atoms with Crippen LogP contribution in [0, 0.1) is 17.2 Å². The van der Waals surface area contributed by atoms with E-state index in [1.165, 1.54) is 5.56 Å². The summed E-state index contributed by atoms with van der Waals surface area (Å²) in [6.07, 6.45) is -1.15. The summed E-state index contributed by atoms with van der Waals surface area (Å²) in [5.74, 6) is 0.365. The molecule has 0 fully saturated rings. The number of nitriles is 1. The molecule has 6 nitrogen and oxygen atoms in total. The standard InChI is InChI=1S/C28H31N3O3/c1-19(2)26(30-21-16-14-20(15-17-21)28(3,4)5)27(32)34-24(18-29)23-12-9-13-25(31-23)33-22-10-7-6-8-11-22/h6-17,19,24,26,30H,1-5H3. The molecule has 0 saturated carbocycles. The van der Waals surface area contributed by atoms with Crippen molar-refractivity contribution in [3.05, 3.63) is 84.1 Å². The lowest BCUT2D eigenvalue weighted by Crippen LogP contribution is -2.36. The highest BCUT2D eigenvalue weighted by Gasteiger charge is 2.28. The molecule has 0 aliphatic rings. The maximum Gasteiger partial charge on any atom is 0.330 e. The quantitative estimate of drug-likeness (QED) is 0.393. The van der Waals surface area contributed by atoms with Crippen LogP contribution in [-0.2, 0) is 14.9 Å². The Bertz CT molecular complexity index is 1130. The molecule has 0 spiro atoms. The van der Waals surface area contributed by atoms with Gasteiger partial charge in [-0.15, -0.1) is 0 Å². The highest BCUT2D eigenvalue weighted by Crippen LogP contribution is 2.26. The first-order valence-corrected chi connectivity index (χ1v) is 11.3. The first-order chi connectivity index (χ1) is 16.2. The van der Waals surface area contributed by atoms with E-state index in [4.69, 9.17) is 9.47 Å². The van der Waals surface area contributed by atoms with Gasteiger partial charge in [-0.2, -0.15) is 5.26 Å². The van der Waals surface area contributed by atoms with Gasteiger partial charge in [0, 0.05) is 11.8 Å². The van der Waals surface area contributed by atoms with Gasteiger partial charge in [0.2, 0.25) is 12.0 Å². The molecule has 1 N–H and O–H groups in total. The number of rotatable bonds is 8. The van der Waals surface area contributed by atoms with E-state index >= 15 is 0 Å². The molecule has 1 heterocycles. The normalized spacial score (nSPS) is 13.0. The zero-order valence-electron chi connectivity index (χ0n) is 20.3. The van der Waals surface area contributed by atoms with E-state index in [-0.39, 0.29) is 11.3 Å². The van der Waals surface area contributed by atoms with Crippen molar-refractivity contribution in [2.75, 3.05) is 5.32 Å². The average molecular weight is 458 g/mol. The van der Waals surface area contributed by atoms with Gasteiger partial charge in [-0.3, -0.25) is 0 Å². The van der Waals surface area contributed by atoms with Crippen molar-refractivity contribution in [3.8, 4) is 17.7 Å². The van der Waals surface area contributed by atoms with Crippen LogP contribution in [0.5, 0.6) is 11.6 Å². The van der Waals surface area contributed by atoms with E-state index in [0.29, 0.717) is 17.3 Å². The predicted octanol–water partition coefficient (Wildman–Crippen LogP) is 6.42. The number of hydrogen-bond donors (Lipinski definition) is 1. The fourth-order valence-electron chi connectivity index (χ4n) is 3.33. The van der Waals surface area contributed by atoms with Crippen LogP contribution in [0.25, 0.3) is 0 Å². The molecule has 0 saturated heterocycles. The van der Waals surface area contributed by atoms with E-state index in [1.807, 2.05) is 74.5 Å². The number of carbonyl (C=O) groups excluding carboxylic acids is 1. The van der Waals surface area contributed by atoms with Crippen LogP contribution in [0.3, 0.4) is 0 Å². The van der Waals surface area contributed by atoms with Gasteiger partial charge in [0.15, 0.2) is 0 Å². The molecule has 2 unspecified atom stereocenters. The van der Waals surface area contributed by atoms with Gasteiger partial charge in [-0.05, 0) is 47.2 Å². The van der Waals surface area contributed by atoms with E-state index in [0.717, 1.165) is 5.69 Å². The average Bonchev–Trinajstić information content (AvgIpc) is 2.81. The second-order valence-corrected chi connectivity index (χ2v) is 9.46. The lowest BCUT2D eigenvalue weighted by molar-refractivity contribution is -0.149. The lowest BCUT2D eigenvalue weighted by Gasteiger charge is -2.24. The number of carbonyl (C=O) groups is 1. The largest absolute Gasteiger partial charge is 0.439 e. The molecule has 6 heteroatoms. The summed E-state index contributed by atoms with van der Waals surface area (Å²) in [5, 5.41) is 13.0. The number of nitrogens with zero attached hydrogens (tertiary/aromatic N) is 2. The van der Waals surface area contributed by atoms with Crippen LogP contribution in [0.1, 0.15) is 52.0 Å². The second kappa shape index (κ2) is 10.8. The molecule has 1 aromatic heterocycles. The molecule has 2 atom stereocenters. The van der Waals surface area contributed by atoms with E-state index < -0.39 is 18.1 Å². The van der Waals surface area contributed by atoms with E-state index in [1.54, 1.807) is 18.2 Å². The molecule has 0 aliphatic carbocycles. The Hall–Kier alpha value is -3.85. The number of pyridine rings is 1. The van der Waals surface area contributed by atoms with Gasteiger partial charge < -0.3 is 14.8 Å². The van der Waals surface area contributed by atoms with Gasteiger partial charge in [-0.1, -0.05) is 71.0 Å². The number of esters is 1. The Kier molecular flexibility index (Phi) is 7.91. The third-order valence-electron chi connectivity index (χ3n) is 5.32. The number of benzene rings is 2. The molecule has 3 aromatic rings. The minimum Gasteiger partial charge on any atom is -0.439 e. The maximum atomic E-state index is 13.0. The fourth-order valence-corrected chi connectivity index (χ4v) is 3.33. The van der Waals surface area contributed by atoms with Crippen LogP contribution < -0.4 is 10.1 Å². The summed E-state index contributed by atoms with van der Waals surface area (Å²) in [4.78, 5) is 17.4. The molecular weight excluding hydrogens is 426 g/mol. The molecule has 176 valence electrons. The summed E-state index contributed by atoms with van der Waals surface area (Å²) in [6.45, 7) is 10.3. The molecule has 0 amide bonds. The zero-order valence-corrected chi connectivity index (χ0v) is 20.3. The molecular formula is C28H31N3O3. The number of ether oxygens (including phenoxy) is 2. The second-order valence-electron chi connectivity index (χ2n) is 9.46. The predicted molar refractivity (Wildman–Crippen MR) is 133 cm³/mol. The molecule has 0 aliphatic heterocycles. The van der Waals surface area contributed by atoms with Crippen molar-refractivity contribution in [2.45, 2.75) is 52.2 Å². The molecule has 3 rings (SSSR count). The SMILES string of the molecule is CC(C)C(Nc1ccc(C(C)(C)C)cc1)C(=O)OC(C#N)c1cccc(Oc2ccccc2)n1. The summed E-state index contributed by atoms with van der Waals surface area (Å²) < 4.78 is 11.3. The topological polar surface area (TPSA) is 84.2 Å². The van der Waals surface area contributed by atoms with Gasteiger partial charge in [0.25, 0.3) is 0 Å². The number of anilines is 1. The van der Waals surface area contributed by atoms with E-state index in [2.05, 4.69) is 31.1 Å². The molecule has 34 heavy (non-hydrogen) atoms. The lowest BCUT2D eigenvalue weighted by atomic mass is 9.87. The number of para-hydroxylation sites is 1. The Labute approximate surface area is 201 Å². The Balaban J connectivity index is 1.72. The first-order valence-electron chi connectivity index (χ1n) is 11.3. The van der Waals surface area contributed by atoms with Crippen molar-refractivity contribution in [1.82, 2.24) is 4.98 Å². The van der Waals surface area contributed by atoms with Crippen LogP contribution >= 0.6 is 0 Å². The summed E-state index contributed by atoms with van der Waals surface area (Å²) in [5.41, 5.74) is 2.37. The van der Waals surface area contributed by atoms with Crippen LogP contribution in [0.2, 0.25) is 0 Å².